The molecule has 0 saturated carbocycles. The molecule has 1 saturated heterocycles. The van der Waals surface area contributed by atoms with Crippen LogP contribution >= 0.6 is 0 Å². The smallest absolute Gasteiger partial charge is 0.231 e. The minimum Gasteiger partial charge on any atom is -0.330 e. The first-order chi connectivity index (χ1) is 8.79. The van der Waals surface area contributed by atoms with E-state index < -0.39 is 0 Å². The van der Waals surface area contributed by atoms with Crippen molar-refractivity contribution in [3.05, 3.63) is 29.3 Å². The summed E-state index contributed by atoms with van der Waals surface area (Å²) in [6, 6.07) is 6.66. The van der Waals surface area contributed by atoms with E-state index in [4.69, 9.17) is 5.73 Å². The predicted molar refractivity (Wildman–Crippen MR) is 71.7 cm³/mol. The minimum atomic E-state index is 0.239. The van der Waals surface area contributed by atoms with Gasteiger partial charge in [0.25, 0.3) is 0 Å². The highest BCUT2D eigenvalue weighted by atomic mass is 16.2. The number of anilines is 1. The molecule has 3 rings (SSSR count). The summed E-state index contributed by atoms with van der Waals surface area (Å²) in [4.78, 5) is 14.1. The summed E-state index contributed by atoms with van der Waals surface area (Å²) in [5.74, 6) is 0.239. The molecule has 96 valence electrons. The molecule has 1 aromatic rings. The average molecular weight is 245 g/mol. The van der Waals surface area contributed by atoms with E-state index in [2.05, 4.69) is 23.5 Å². The maximum Gasteiger partial charge on any atom is 0.231 e. The second kappa shape index (κ2) is 4.71. The lowest BCUT2D eigenvalue weighted by molar-refractivity contribution is -0.117. The van der Waals surface area contributed by atoms with Crippen LogP contribution in [0.25, 0.3) is 0 Å². The van der Waals surface area contributed by atoms with Gasteiger partial charge in [-0.05, 0) is 43.1 Å². The molecular weight excluding hydrogens is 226 g/mol. The summed E-state index contributed by atoms with van der Waals surface area (Å²) in [6.07, 6.45) is 2.48. The number of benzene rings is 1. The molecule has 0 bridgehead atoms. The lowest BCUT2D eigenvalue weighted by Gasteiger charge is -2.24. The van der Waals surface area contributed by atoms with Gasteiger partial charge in [0.15, 0.2) is 0 Å². The summed E-state index contributed by atoms with van der Waals surface area (Å²) in [5.41, 5.74) is 9.08. The number of nitrogens with one attached hydrogen (secondary N) is 1. The topological polar surface area (TPSA) is 58.4 Å². The number of carbonyl (C=O) groups excluding carboxylic acids is 1. The second-order valence-corrected chi connectivity index (χ2v) is 5.09. The van der Waals surface area contributed by atoms with Crippen molar-refractivity contribution in [3.63, 3.8) is 0 Å². The van der Waals surface area contributed by atoms with E-state index in [-0.39, 0.29) is 5.91 Å². The molecule has 0 aliphatic carbocycles. The molecule has 2 aliphatic rings. The molecule has 4 heteroatoms. The fraction of sp³-hybridized carbons (Fsp3) is 0.500. The van der Waals surface area contributed by atoms with Crippen LogP contribution in [0.1, 0.15) is 17.5 Å². The van der Waals surface area contributed by atoms with Crippen LogP contribution in [0.4, 0.5) is 5.69 Å². The quantitative estimate of drug-likeness (QED) is 0.812. The maximum absolute atomic E-state index is 12.2. The lowest BCUT2D eigenvalue weighted by atomic mass is 10.1. The monoisotopic (exact) mass is 245 g/mol. The van der Waals surface area contributed by atoms with Gasteiger partial charge in [-0.25, -0.2) is 0 Å². The minimum absolute atomic E-state index is 0.239. The van der Waals surface area contributed by atoms with Gasteiger partial charge < -0.3 is 16.0 Å². The van der Waals surface area contributed by atoms with Gasteiger partial charge in [-0.15, -0.1) is 0 Å². The van der Waals surface area contributed by atoms with Gasteiger partial charge >= 0.3 is 0 Å². The van der Waals surface area contributed by atoms with Crippen molar-refractivity contribution in [3.8, 4) is 0 Å². The molecule has 0 spiro atoms. The molecule has 18 heavy (non-hydrogen) atoms. The lowest BCUT2D eigenvalue weighted by Crippen LogP contribution is -2.39. The Kier molecular flexibility index (Phi) is 3.06. The number of nitrogens with zero attached hydrogens (tertiary/aromatic N) is 1. The Morgan fingerprint density at radius 2 is 2.33 bits per heavy atom. The van der Waals surface area contributed by atoms with Crippen LogP contribution in [0.5, 0.6) is 0 Å². The van der Waals surface area contributed by atoms with Gasteiger partial charge in [0.2, 0.25) is 5.91 Å². The summed E-state index contributed by atoms with van der Waals surface area (Å²) in [5, 5.41) is 3.32. The van der Waals surface area contributed by atoms with Crippen molar-refractivity contribution >= 4 is 11.6 Å². The second-order valence-electron chi connectivity index (χ2n) is 5.09. The van der Waals surface area contributed by atoms with Crippen molar-refractivity contribution in [1.29, 1.82) is 0 Å². The Morgan fingerprint density at radius 1 is 1.44 bits per heavy atom. The molecule has 0 radical (unpaired) electrons. The van der Waals surface area contributed by atoms with Crippen LogP contribution in [0.15, 0.2) is 18.2 Å². The third-order valence-electron chi connectivity index (χ3n) is 3.85. The molecular formula is C14H19N3O. The van der Waals surface area contributed by atoms with Gasteiger partial charge in [-0.3, -0.25) is 4.79 Å². The van der Waals surface area contributed by atoms with Gasteiger partial charge in [-0.2, -0.15) is 0 Å². The van der Waals surface area contributed by atoms with Crippen LogP contribution < -0.4 is 16.0 Å². The van der Waals surface area contributed by atoms with Crippen molar-refractivity contribution < 1.29 is 4.79 Å². The summed E-state index contributed by atoms with van der Waals surface area (Å²) in [7, 11) is 0. The van der Waals surface area contributed by atoms with Crippen molar-refractivity contribution in [2.24, 2.45) is 5.73 Å². The van der Waals surface area contributed by atoms with Crippen molar-refractivity contribution in [1.82, 2.24) is 5.32 Å². The number of rotatable bonds is 3. The molecule has 0 aromatic heterocycles. The number of fused-ring (bicyclic) bond motifs is 1. The van der Waals surface area contributed by atoms with Gasteiger partial charge in [0.05, 0.1) is 12.5 Å². The normalized spacial score (nSPS) is 22.6. The van der Waals surface area contributed by atoms with Gasteiger partial charge in [0.1, 0.15) is 0 Å². The van der Waals surface area contributed by atoms with Gasteiger partial charge in [-0.1, -0.05) is 12.1 Å². The number of hydrogen-bond acceptors (Lipinski definition) is 3. The fourth-order valence-corrected chi connectivity index (χ4v) is 2.98. The van der Waals surface area contributed by atoms with Crippen molar-refractivity contribution in [2.75, 3.05) is 24.5 Å². The highest BCUT2D eigenvalue weighted by Gasteiger charge is 2.34. The Bertz CT molecular complexity index is 466. The van der Waals surface area contributed by atoms with Crippen LogP contribution in [0, 0.1) is 0 Å². The molecule has 1 fully saturated rings. The Morgan fingerprint density at radius 3 is 3.06 bits per heavy atom. The summed E-state index contributed by atoms with van der Waals surface area (Å²) >= 11 is 0. The van der Waals surface area contributed by atoms with E-state index >= 15 is 0 Å². The molecule has 1 amide bonds. The van der Waals surface area contributed by atoms with E-state index in [0.717, 1.165) is 37.2 Å². The molecule has 1 aromatic carbocycles. The fourth-order valence-electron chi connectivity index (χ4n) is 2.98. The van der Waals surface area contributed by atoms with Crippen molar-refractivity contribution in [2.45, 2.75) is 25.3 Å². The van der Waals surface area contributed by atoms with Crippen LogP contribution in [-0.2, 0) is 17.6 Å². The number of nitrogens with two attached hydrogens (primary N) is 1. The largest absolute Gasteiger partial charge is 0.330 e. The molecule has 3 N–H and O–H groups in total. The van der Waals surface area contributed by atoms with Crippen LogP contribution in [0.3, 0.4) is 0 Å². The Labute approximate surface area is 107 Å². The van der Waals surface area contributed by atoms with E-state index in [1.807, 2.05) is 4.90 Å². The first-order valence-corrected chi connectivity index (χ1v) is 6.64. The zero-order chi connectivity index (χ0) is 12.5. The van der Waals surface area contributed by atoms with Crippen LogP contribution in [0.2, 0.25) is 0 Å². The highest BCUT2D eigenvalue weighted by Crippen LogP contribution is 2.32. The van der Waals surface area contributed by atoms with E-state index in [1.165, 1.54) is 5.56 Å². The third kappa shape index (κ3) is 1.91. The van der Waals surface area contributed by atoms with Crippen LogP contribution in [-0.4, -0.2) is 31.6 Å². The van der Waals surface area contributed by atoms with E-state index in [1.54, 1.807) is 0 Å². The first kappa shape index (κ1) is 11.7. The standard InChI is InChI=1S/C14H19N3O/c15-5-3-10-1-2-13-11(7-10)8-14(18)17(13)12-4-6-16-9-12/h1-2,7,12,16H,3-6,8-9,15H2. The summed E-state index contributed by atoms with van der Waals surface area (Å²) in [6.45, 7) is 2.58. The number of carbonyl (C=O) groups is 1. The maximum atomic E-state index is 12.2. The SMILES string of the molecule is NCCc1ccc2c(c1)CC(=O)N2C1CCNC1. The van der Waals surface area contributed by atoms with E-state index in [0.29, 0.717) is 19.0 Å². The molecule has 2 aliphatic heterocycles. The predicted octanol–water partition coefficient (Wildman–Crippen LogP) is 0.439. The zero-order valence-corrected chi connectivity index (χ0v) is 10.5. The molecule has 2 heterocycles. The summed E-state index contributed by atoms with van der Waals surface area (Å²) < 4.78 is 0. The average Bonchev–Trinajstić information content (AvgIpc) is 2.95. The zero-order valence-electron chi connectivity index (χ0n) is 10.5. The number of hydrogen-bond donors (Lipinski definition) is 2. The van der Waals surface area contributed by atoms with E-state index in [9.17, 15) is 4.79 Å². The molecule has 1 unspecified atom stereocenters. The highest BCUT2D eigenvalue weighted by molar-refractivity contribution is 6.02. The molecule has 4 nitrogen and oxygen atoms in total. The molecule has 1 atom stereocenters. The first-order valence-electron chi connectivity index (χ1n) is 6.64. The third-order valence-corrected chi connectivity index (χ3v) is 3.85. The Balaban J connectivity index is 1.90. The number of amides is 1. The van der Waals surface area contributed by atoms with Gasteiger partial charge in [0, 0.05) is 12.2 Å². The Hall–Kier alpha value is -1.39.